The number of nitrogens with one attached hydrogen (secondary N) is 1. The third kappa shape index (κ3) is 2.47. The van der Waals surface area contributed by atoms with E-state index in [0.29, 0.717) is 16.0 Å². The summed E-state index contributed by atoms with van der Waals surface area (Å²) in [5.41, 5.74) is 1.51. The lowest BCUT2D eigenvalue weighted by molar-refractivity contribution is 0.604. The van der Waals surface area contributed by atoms with Crippen molar-refractivity contribution >= 4 is 34.1 Å². The molecule has 0 aliphatic carbocycles. The average molecular weight is 272 g/mol. The summed E-state index contributed by atoms with van der Waals surface area (Å²) in [7, 11) is -0.891. The van der Waals surface area contributed by atoms with Crippen LogP contribution in [0.2, 0.25) is 0 Å². The normalized spacial score (nSPS) is 15.0. The molecular formula is C11H13FN2OS2. The summed E-state index contributed by atoms with van der Waals surface area (Å²) < 4.78 is 26.7. The van der Waals surface area contributed by atoms with Crippen LogP contribution in [-0.2, 0) is 10.8 Å². The van der Waals surface area contributed by atoms with Crippen LogP contribution >= 0.6 is 12.2 Å². The molecule has 2 unspecified atom stereocenters. The monoisotopic (exact) mass is 272 g/mol. The molecule has 1 heterocycles. The van der Waals surface area contributed by atoms with E-state index in [1.165, 1.54) is 12.1 Å². The third-order valence-electron chi connectivity index (χ3n) is 2.60. The van der Waals surface area contributed by atoms with E-state index < -0.39 is 10.8 Å². The molecular weight excluding hydrogens is 259 g/mol. The molecule has 1 N–H and O–H groups in total. The van der Waals surface area contributed by atoms with Gasteiger partial charge in [0.15, 0.2) is 4.77 Å². The van der Waals surface area contributed by atoms with Gasteiger partial charge in [0.25, 0.3) is 0 Å². The number of aromatic amines is 1. The first-order valence-corrected chi connectivity index (χ1v) is 7.32. The predicted molar refractivity (Wildman–Crippen MR) is 70.7 cm³/mol. The van der Waals surface area contributed by atoms with Crippen molar-refractivity contribution in [2.45, 2.75) is 13.0 Å². The molecule has 3 nitrogen and oxygen atoms in total. The van der Waals surface area contributed by atoms with Crippen molar-refractivity contribution in [3.8, 4) is 0 Å². The zero-order valence-corrected chi connectivity index (χ0v) is 11.2. The Hall–Kier alpha value is -1.01. The van der Waals surface area contributed by atoms with Gasteiger partial charge in [0.1, 0.15) is 5.82 Å². The molecule has 2 aromatic rings. The van der Waals surface area contributed by atoms with Crippen molar-refractivity contribution < 1.29 is 8.60 Å². The van der Waals surface area contributed by atoms with Crippen LogP contribution in [0.4, 0.5) is 4.39 Å². The highest BCUT2D eigenvalue weighted by molar-refractivity contribution is 7.84. The molecule has 0 bridgehead atoms. The second kappa shape index (κ2) is 4.70. The van der Waals surface area contributed by atoms with Crippen LogP contribution in [0.25, 0.3) is 11.0 Å². The van der Waals surface area contributed by atoms with Gasteiger partial charge in [-0.2, -0.15) is 0 Å². The Morgan fingerprint density at radius 2 is 2.29 bits per heavy atom. The third-order valence-corrected chi connectivity index (χ3v) is 3.85. The SMILES string of the molecule is CC(CS(C)=O)n1c(=S)[nH]c2cc(F)ccc21. The first-order valence-electron chi connectivity index (χ1n) is 5.19. The van der Waals surface area contributed by atoms with Crippen LogP contribution < -0.4 is 0 Å². The quantitative estimate of drug-likeness (QED) is 0.872. The minimum Gasteiger partial charge on any atom is -0.330 e. The van der Waals surface area contributed by atoms with E-state index in [9.17, 15) is 8.60 Å². The summed E-state index contributed by atoms with van der Waals surface area (Å²) in [6.07, 6.45) is 1.66. The van der Waals surface area contributed by atoms with Gasteiger partial charge in [-0.05, 0) is 37.3 Å². The molecule has 2 atom stereocenters. The number of hydrogen-bond acceptors (Lipinski definition) is 2. The lowest BCUT2D eigenvalue weighted by Crippen LogP contribution is -2.12. The largest absolute Gasteiger partial charge is 0.330 e. The average Bonchev–Trinajstić information content (AvgIpc) is 2.51. The van der Waals surface area contributed by atoms with Crippen LogP contribution in [-0.4, -0.2) is 25.8 Å². The molecule has 0 aliphatic heterocycles. The van der Waals surface area contributed by atoms with Gasteiger partial charge >= 0.3 is 0 Å². The molecule has 0 aliphatic rings. The Kier molecular flexibility index (Phi) is 3.44. The number of aromatic nitrogens is 2. The minimum atomic E-state index is -0.891. The van der Waals surface area contributed by atoms with Gasteiger partial charge in [-0.1, -0.05) is 0 Å². The van der Waals surface area contributed by atoms with E-state index in [0.717, 1.165) is 5.52 Å². The number of imidazole rings is 1. The van der Waals surface area contributed by atoms with Crippen molar-refractivity contribution in [2.75, 3.05) is 12.0 Å². The number of rotatable bonds is 3. The summed E-state index contributed by atoms with van der Waals surface area (Å²) in [6, 6.07) is 4.52. The van der Waals surface area contributed by atoms with Gasteiger partial charge in [-0.25, -0.2) is 4.39 Å². The van der Waals surface area contributed by atoms with Gasteiger partial charge in [-0.15, -0.1) is 0 Å². The molecule has 0 amide bonds. The van der Waals surface area contributed by atoms with Crippen molar-refractivity contribution in [3.05, 3.63) is 28.8 Å². The molecule has 17 heavy (non-hydrogen) atoms. The highest BCUT2D eigenvalue weighted by atomic mass is 32.2. The molecule has 0 radical (unpaired) electrons. The van der Waals surface area contributed by atoms with Gasteiger partial charge in [0.2, 0.25) is 0 Å². The van der Waals surface area contributed by atoms with E-state index in [1.807, 2.05) is 11.5 Å². The molecule has 0 fully saturated rings. The number of benzene rings is 1. The number of H-pyrrole nitrogens is 1. The molecule has 1 aromatic heterocycles. The second-order valence-corrected chi connectivity index (χ2v) is 5.92. The highest BCUT2D eigenvalue weighted by Gasteiger charge is 2.12. The maximum atomic E-state index is 13.1. The number of hydrogen-bond donors (Lipinski definition) is 1. The number of halogens is 1. The van der Waals surface area contributed by atoms with Crippen molar-refractivity contribution in [1.29, 1.82) is 0 Å². The van der Waals surface area contributed by atoms with E-state index >= 15 is 0 Å². The summed E-state index contributed by atoms with van der Waals surface area (Å²) in [6.45, 7) is 1.95. The minimum absolute atomic E-state index is 0.0209. The van der Waals surface area contributed by atoms with Crippen molar-refractivity contribution in [1.82, 2.24) is 9.55 Å². The summed E-state index contributed by atoms with van der Waals surface area (Å²) in [5, 5.41) is 0. The Balaban J connectivity index is 2.57. The molecule has 0 spiro atoms. The molecule has 6 heteroatoms. The van der Waals surface area contributed by atoms with Crippen molar-refractivity contribution in [3.63, 3.8) is 0 Å². The fourth-order valence-electron chi connectivity index (χ4n) is 1.96. The van der Waals surface area contributed by atoms with E-state index in [-0.39, 0.29) is 11.9 Å². The Morgan fingerprint density at radius 3 is 2.94 bits per heavy atom. The Morgan fingerprint density at radius 1 is 1.59 bits per heavy atom. The molecule has 0 saturated heterocycles. The fraction of sp³-hybridized carbons (Fsp3) is 0.364. The zero-order valence-electron chi connectivity index (χ0n) is 9.57. The van der Waals surface area contributed by atoms with Gasteiger partial charge in [0.05, 0.1) is 11.0 Å². The smallest absolute Gasteiger partial charge is 0.178 e. The molecule has 0 saturated carbocycles. The Labute approximate surface area is 106 Å². The summed E-state index contributed by atoms with van der Waals surface area (Å²) in [5.74, 6) is 0.228. The van der Waals surface area contributed by atoms with Gasteiger partial charge < -0.3 is 9.55 Å². The van der Waals surface area contributed by atoms with Crippen molar-refractivity contribution in [2.24, 2.45) is 0 Å². The topological polar surface area (TPSA) is 37.8 Å². The number of nitrogens with zero attached hydrogens (tertiary/aromatic N) is 1. The first-order chi connectivity index (χ1) is 7.99. The summed E-state index contributed by atoms with van der Waals surface area (Å²) in [4.78, 5) is 2.96. The van der Waals surface area contributed by atoms with Crippen LogP contribution in [0.3, 0.4) is 0 Å². The van der Waals surface area contributed by atoms with Gasteiger partial charge in [-0.3, -0.25) is 4.21 Å². The van der Waals surface area contributed by atoms with Gasteiger partial charge in [0, 0.05) is 28.9 Å². The van der Waals surface area contributed by atoms with E-state index in [2.05, 4.69) is 4.98 Å². The predicted octanol–water partition coefficient (Wildman–Crippen LogP) is 2.78. The maximum Gasteiger partial charge on any atom is 0.178 e. The van der Waals surface area contributed by atoms with E-state index in [1.54, 1.807) is 12.3 Å². The van der Waals surface area contributed by atoms with Crippen LogP contribution in [0.15, 0.2) is 18.2 Å². The lowest BCUT2D eigenvalue weighted by atomic mass is 10.3. The zero-order chi connectivity index (χ0) is 12.6. The van der Waals surface area contributed by atoms with Crippen LogP contribution in [0, 0.1) is 10.6 Å². The fourth-order valence-corrected chi connectivity index (χ4v) is 3.17. The molecule has 1 aromatic carbocycles. The first kappa shape index (κ1) is 12.4. The van der Waals surface area contributed by atoms with Crippen LogP contribution in [0.1, 0.15) is 13.0 Å². The highest BCUT2D eigenvalue weighted by Crippen LogP contribution is 2.20. The standard InChI is InChI=1S/C11H13FN2OS2/c1-7(6-17(2)15)14-10-4-3-8(12)5-9(10)13-11(14)16/h3-5,7H,6H2,1-2H3,(H,13,16). The lowest BCUT2D eigenvalue weighted by Gasteiger charge is -2.12. The van der Waals surface area contributed by atoms with E-state index in [4.69, 9.17) is 12.2 Å². The number of fused-ring (bicyclic) bond motifs is 1. The maximum absolute atomic E-state index is 13.1. The summed E-state index contributed by atoms with van der Waals surface area (Å²) >= 11 is 5.21. The Bertz CT molecular complexity index is 632. The molecule has 2 rings (SSSR count). The second-order valence-electron chi connectivity index (χ2n) is 4.05. The van der Waals surface area contributed by atoms with Crippen LogP contribution in [0.5, 0.6) is 0 Å². The molecule has 92 valence electrons.